The van der Waals surface area contributed by atoms with Crippen LogP contribution < -0.4 is 5.32 Å². The van der Waals surface area contributed by atoms with Crippen LogP contribution in [0.2, 0.25) is 5.02 Å². The van der Waals surface area contributed by atoms with E-state index in [1.165, 1.54) is 12.1 Å². The highest BCUT2D eigenvalue weighted by Crippen LogP contribution is 2.39. The van der Waals surface area contributed by atoms with Crippen LogP contribution in [0.3, 0.4) is 0 Å². The zero-order chi connectivity index (χ0) is 16.3. The number of halogens is 1. The number of phenols is 1. The maximum absolute atomic E-state index is 12.3. The quantitative estimate of drug-likeness (QED) is 0.653. The first-order valence-corrected chi connectivity index (χ1v) is 7.46. The lowest BCUT2D eigenvalue weighted by Gasteiger charge is -2.23. The Morgan fingerprint density at radius 3 is 2.64 bits per heavy atom. The maximum Gasteiger partial charge on any atom is 0.298 e. The molecule has 0 aromatic heterocycles. The van der Waals surface area contributed by atoms with Crippen molar-refractivity contribution in [2.45, 2.75) is 38.1 Å². The predicted molar refractivity (Wildman–Crippen MR) is 84.2 cm³/mol. The monoisotopic (exact) mass is 324 g/mol. The van der Waals surface area contributed by atoms with Crippen molar-refractivity contribution in [1.29, 1.82) is 0 Å². The molecule has 2 N–H and O–H groups in total. The molecule has 0 saturated heterocycles. The summed E-state index contributed by atoms with van der Waals surface area (Å²) in [5, 5.41) is 23.4. The van der Waals surface area contributed by atoms with Crippen LogP contribution in [-0.4, -0.2) is 22.0 Å². The molecule has 1 aromatic rings. The fourth-order valence-corrected chi connectivity index (χ4v) is 2.95. The summed E-state index contributed by atoms with van der Waals surface area (Å²) < 4.78 is 0. The molecular formula is C15H17ClN2O4. The van der Waals surface area contributed by atoms with E-state index in [-0.39, 0.29) is 17.2 Å². The lowest BCUT2D eigenvalue weighted by Crippen LogP contribution is -2.36. The van der Waals surface area contributed by atoms with Crippen molar-refractivity contribution in [3.63, 3.8) is 0 Å². The number of nitrogens with one attached hydrogen (secondary N) is 1. The number of rotatable bonds is 4. The molecule has 0 unspecified atom stereocenters. The molecule has 22 heavy (non-hydrogen) atoms. The number of benzene rings is 1. The van der Waals surface area contributed by atoms with Gasteiger partial charge in [0.05, 0.1) is 16.1 Å². The third-order valence-corrected chi connectivity index (χ3v) is 4.19. The lowest BCUT2D eigenvalue weighted by atomic mass is 9.95. The fraction of sp³-hybridized carbons (Fsp3) is 0.400. The van der Waals surface area contributed by atoms with Gasteiger partial charge in [-0.2, -0.15) is 0 Å². The van der Waals surface area contributed by atoms with Gasteiger partial charge < -0.3 is 10.4 Å². The first-order valence-electron chi connectivity index (χ1n) is 7.08. The Labute approximate surface area is 132 Å². The van der Waals surface area contributed by atoms with Crippen LogP contribution in [0.1, 0.15) is 48.0 Å². The number of nitro benzene ring substituents is 1. The topological polar surface area (TPSA) is 92.5 Å². The number of carbonyl (C=O) groups excluding carboxylic acids is 1. The van der Waals surface area contributed by atoms with E-state index in [0.717, 1.165) is 32.1 Å². The summed E-state index contributed by atoms with van der Waals surface area (Å²) in [5.74, 6) is -1.06. The SMILES string of the molecule is C=Cc1cc(C(=O)NC2CCCCC2)c(O)c(Cl)c1[N+](=O)[O-]. The Morgan fingerprint density at radius 2 is 2.09 bits per heavy atom. The van der Waals surface area contributed by atoms with E-state index >= 15 is 0 Å². The molecule has 6 nitrogen and oxygen atoms in total. The van der Waals surface area contributed by atoms with E-state index in [0.29, 0.717) is 0 Å². The van der Waals surface area contributed by atoms with Gasteiger partial charge in [0, 0.05) is 6.04 Å². The predicted octanol–water partition coefficient (Wildman–Crippen LogP) is 3.66. The summed E-state index contributed by atoms with van der Waals surface area (Å²) in [6.45, 7) is 3.48. The first kappa shape index (κ1) is 16.3. The number of carbonyl (C=O) groups is 1. The number of amides is 1. The van der Waals surface area contributed by atoms with Gasteiger partial charge in [-0.15, -0.1) is 0 Å². The van der Waals surface area contributed by atoms with Crippen molar-refractivity contribution >= 4 is 29.3 Å². The highest BCUT2D eigenvalue weighted by molar-refractivity contribution is 6.35. The third kappa shape index (κ3) is 3.22. The van der Waals surface area contributed by atoms with E-state index in [1.807, 2.05) is 0 Å². The van der Waals surface area contributed by atoms with Crippen molar-refractivity contribution in [3.05, 3.63) is 38.9 Å². The molecule has 1 amide bonds. The average Bonchev–Trinajstić information content (AvgIpc) is 2.50. The molecule has 1 fully saturated rings. The average molecular weight is 325 g/mol. The van der Waals surface area contributed by atoms with Crippen LogP contribution in [0.5, 0.6) is 5.75 Å². The molecule has 1 saturated carbocycles. The molecular weight excluding hydrogens is 308 g/mol. The summed E-state index contributed by atoms with van der Waals surface area (Å²) in [6.07, 6.45) is 6.28. The van der Waals surface area contributed by atoms with Gasteiger partial charge in [-0.05, 0) is 18.9 Å². The summed E-state index contributed by atoms with van der Waals surface area (Å²) in [7, 11) is 0. The van der Waals surface area contributed by atoms with E-state index in [4.69, 9.17) is 11.6 Å². The van der Waals surface area contributed by atoms with Gasteiger partial charge in [0.15, 0.2) is 10.8 Å². The number of hydrogen-bond donors (Lipinski definition) is 2. The van der Waals surface area contributed by atoms with Crippen LogP contribution in [0.4, 0.5) is 5.69 Å². The number of hydrogen-bond acceptors (Lipinski definition) is 4. The van der Waals surface area contributed by atoms with Crippen molar-refractivity contribution in [1.82, 2.24) is 5.32 Å². The van der Waals surface area contributed by atoms with Gasteiger partial charge >= 0.3 is 0 Å². The molecule has 0 radical (unpaired) electrons. The molecule has 1 aromatic carbocycles. The Kier molecular flexibility index (Phi) is 5.03. The van der Waals surface area contributed by atoms with Gasteiger partial charge in [0.1, 0.15) is 0 Å². The van der Waals surface area contributed by atoms with Crippen molar-refractivity contribution in [2.75, 3.05) is 0 Å². The molecule has 0 atom stereocenters. The Morgan fingerprint density at radius 1 is 1.45 bits per heavy atom. The highest BCUT2D eigenvalue weighted by atomic mass is 35.5. The third-order valence-electron chi connectivity index (χ3n) is 3.83. The number of nitro groups is 1. The second-order valence-corrected chi connectivity index (χ2v) is 5.67. The smallest absolute Gasteiger partial charge is 0.298 e. The molecule has 7 heteroatoms. The van der Waals surface area contributed by atoms with Gasteiger partial charge in [-0.3, -0.25) is 14.9 Å². The minimum atomic E-state index is -0.706. The van der Waals surface area contributed by atoms with Gasteiger partial charge in [0.2, 0.25) is 0 Å². The largest absolute Gasteiger partial charge is 0.505 e. The lowest BCUT2D eigenvalue weighted by molar-refractivity contribution is -0.385. The van der Waals surface area contributed by atoms with Crippen molar-refractivity contribution < 1.29 is 14.8 Å². The molecule has 0 aliphatic heterocycles. The van der Waals surface area contributed by atoms with Crippen LogP contribution in [-0.2, 0) is 0 Å². The van der Waals surface area contributed by atoms with Crippen LogP contribution in [0, 0.1) is 10.1 Å². The molecule has 0 bridgehead atoms. The highest BCUT2D eigenvalue weighted by Gasteiger charge is 2.27. The van der Waals surface area contributed by atoms with Gasteiger partial charge in [-0.25, -0.2) is 0 Å². The maximum atomic E-state index is 12.3. The standard InChI is InChI=1S/C15H17ClN2O4/c1-2-9-8-11(14(19)12(16)13(9)18(21)22)15(20)17-10-6-4-3-5-7-10/h2,8,10,19H,1,3-7H2,(H,17,20). The van der Waals surface area contributed by atoms with E-state index in [9.17, 15) is 20.0 Å². The second kappa shape index (κ2) is 6.79. The number of aromatic hydroxyl groups is 1. The minimum absolute atomic E-state index is 0.0572. The second-order valence-electron chi connectivity index (χ2n) is 5.29. The Bertz CT molecular complexity index is 624. The van der Waals surface area contributed by atoms with E-state index < -0.39 is 27.3 Å². The number of phenolic OH excluding ortho intramolecular Hbond substituents is 1. The van der Waals surface area contributed by atoms with Crippen molar-refractivity contribution in [2.24, 2.45) is 0 Å². The Balaban J connectivity index is 2.34. The summed E-state index contributed by atoms with van der Waals surface area (Å²) >= 11 is 5.84. The first-order chi connectivity index (χ1) is 10.5. The zero-order valence-electron chi connectivity index (χ0n) is 12.0. The molecule has 118 valence electrons. The molecule has 1 aliphatic carbocycles. The molecule has 2 rings (SSSR count). The molecule has 1 aliphatic rings. The van der Waals surface area contributed by atoms with E-state index in [1.54, 1.807) is 0 Å². The number of nitrogens with zero attached hydrogens (tertiary/aromatic N) is 1. The van der Waals surface area contributed by atoms with Crippen LogP contribution in [0.15, 0.2) is 12.6 Å². The molecule has 0 heterocycles. The van der Waals surface area contributed by atoms with Crippen LogP contribution >= 0.6 is 11.6 Å². The Hall–Kier alpha value is -2.08. The van der Waals surface area contributed by atoms with Gasteiger partial charge in [-0.1, -0.05) is 43.5 Å². The van der Waals surface area contributed by atoms with E-state index in [2.05, 4.69) is 11.9 Å². The fourth-order valence-electron chi connectivity index (χ4n) is 2.67. The van der Waals surface area contributed by atoms with Crippen molar-refractivity contribution in [3.8, 4) is 5.75 Å². The minimum Gasteiger partial charge on any atom is -0.505 e. The summed E-state index contributed by atoms with van der Waals surface area (Å²) in [4.78, 5) is 22.6. The molecule has 0 spiro atoms. The summed E-state index contributed by atoms with van der Waals surface area (Å²) in [6, 6.07) is 1.30. The normalized spacial score (nSPS) is 15.3. The summed E-state index contributed by atoms with van der Waals surface area (Å²) in [5.41, 5.74) is -0.430. The van der Waals surface area contributed by atoms with Gasteiger partial charge in [0.25, 0.3) is 11.6 Å². The zero-order valence-corrected chi connectivity index (χ0v) is 12.7. The van der Waals surface area contributed by atoms with Crippen LogP contribution in [0.25, 0.3) is 6.08 Å².